The lowest BCUT2D eigenvalue weighted by atomic mass is 10.1. The first-order chi connectivity index (χ1) is 18.5. The summed E-state index contributed by atoms with van der Waals surface area (Å²) in [6.45, 7) is 0.258. The van der Waals surface area contributed by atoms with E-state index in [1.165, 1.54) is 17.0 Å². The molecule has 212 valence electrons. The van der Waals surface area contributed by atoms with Gasteiger partial charge < -0.3 is 20.7 Å². The molecule has 0 spiro atoms. The number of nitrogens with zero attached hydrogens (tertiary/aromatic N) is 1. The monoisotopic (exact) mass is 565 g/mol. The Balaban J connectivity index is 1.54. The molecule has 5 N–H and O–H groups in total. The van der Waals surface area contributed by atoms with Gasteiger partial charge in [-0.15, -0.1) is 0 Å². The third kappa shape index (κ3) is 6.85. The van der Waals surface area contributed by atoms with E-state index < -0.39 is 63.4 Å². The van der Waals surface area contributed by atoms with Gasteiger partial charge in [0.05, 0.1) is 5.69 Å². The van der Waals surface area contributed by atoms with Crippen LogP contribution in [0.1, 0.15) is 51.4 Å². The Labute approximate surface area is 225 Å². The molecule has 4 atom stereocenters. The van der Waals surface area contributed by atoms with Gasteiger partial charge in [-0.1, -0.05) is 18.6 Å². The van der Waals surface area contributed by atoms with Crippen molar-refractivity contribution in [2.45, 2.75) is 69.1 Å². The number of benzene rings is 1. The lowest BCUT2D eigenvalue weighted by molar-refractivity contribution is -0.146. The zero-order valence-electron chi connectivity index (χ0n) is 21.2. The predicted molar refractivity (Wildman–Crippen MR) is 137 cm³/mol. The molecule has 0 bridgehead atoms. The summed E-state index contributed by atoms with van der Waals surface area (Å²) < 4.78 is 47.7. The first-order valence-corrected chi connectivity index (χ1v) is 14.3. The van der Waals surface area contributed by atoms with Crippen LogP contribution in [-0.2, 0) is 29.3 Å². The van der Waals surface area contributed by atoms with E-state index in [9.17, 15) is 32.0 Å². The highest BCUT2D eigenvalue weighted by Crippen LogP contribution is 2.45. The molecular formula is C25H32FN5O7S. The molecule has 1 aromatic rings. The van der Waals surface area contributed by atoms with Crippen molar-refractivity contribution in [3.63, 3.8) is 0 Å². The van der Waals surface area contributed by atoms with Gasteiger partial charge in [0, 0.05) is 12.5 Å². The van der Waals surface area contributed by atoms with Crippen molar-refractivity contribution in [2.24, 2.45) is 11.7 Å². The van der Waals surface area contributed by atoms with Crippen molar-refractivity contribution in [2.75, 3.05) is 11.3 Å². The third-order valence-electron chi connectivity index (χ3n) is 7.17. The largest absolute Gasteiger partial charge is 0.436 e. The minimum Gasteiger partial charge on any atom is -0.436 e. The van der Waals surface area contributed by atoms with Crippen LogP contribution in [0, 0.1) is 11.7 Å². The second-order valence-electron chi connectivity index (χ2n) is 10.00. The zero-order valence-corrected chi connectivity index (χ0v) is 22.0. The molecule has 1 saturated carbocycles. The van der Waals surface area contributed by atoms with E-state index in [1.807, 2.05) is 10.8 Å². The van der Waals surface area contributed by atoms with Crippen molar-refractivity contribution in [3.05, 3.63) is 42.2 Å². The molecule has 3 aliphatic rings. The number of carbonyl (C=O) groups is 4. The zero-order chi connectivity index (χ0) is 28.2. The summed E-state index contributed by atoms with van der Waals surface area (Å²) in [6.07, 6.45) is 5.53. The Bertz CT molecular complexity index is 1260. The van der Waals surface area contributed by atoms with Gasteiger partial charge >= 0.3 is 16.3 Å². The van der Waals surface area contributed by atoms with Crippen molar-refractivity contribution >= 4 is 39.7 Å². The number of hydrogen-bond acceptors (Lipinski definition) is 7. The summed E-state index contributed by atoms with van der Waals surface area (Å²) in [6, 6.07) is 3.60. The minimum absolute atomic E-state index is 0.0420. The summed E-state index contributed by atoms with van der Waals surface area (Å²) in [5, 5.41) is 2.71. The van der Waals surface area contributed by atoms with Crippen molar-refractivity contribution in [1.82, 2.24) is 14.9 Å². The van der Waals surface area contributed by atoms with Gasteiger partial charge in [-0.3, -0.25) is 19.1 Å². The maximum atomic E-state index is 13.4. The van der Waals surface area contributed by atoms with Gasteiger partial charge in [-0.25, -0.2) is 13.9 Å². The highest BCUT2D eigenvalue weighted by atomic mass is 32.2. The van der Waals surface area contributed by atoms with E-state index in [0.29, 0.717) is 25.7 Å². The summed E-state index contributed by atoms with van der Waals surface area (Å²) in [5.74, 6) is -3.09. The lowest BCUT2D eigenvalue weighted by Gasteiger charge is -2.29. The van der Waals surface area contributed by atoms with E-state index >= 15 is 0 Å². The number of allylic oxidation sites excluding steroid dienone is 1. The standard InChI is InChI=1S/C25H32FN5O7S/c26-17-10-12-18(13-11-17)29-39(36,37)30-23(34)25-15-16(25)7-4-2-1-3-5-9-20(38-24(27)35)22(33)31-14-6-8-19(31)21(32)28-25/h4,7,10-13,16,19-20,29H,1-3,5-6,8-9,14-15H2,(H2,27,35)(H,28,32)(H,30,34)/b7-4-. The maximum Gasteiger partial charge on any atom is 0.405 e. The topological polar surface area (TPSA) is 177 Å². The van der Waals surface area contributed by atoms with E-state index in [4.69, 9.17) is 10.5 Å². The van der Waals surface area contributed by atoms with Gasteiger partial charge in [-0.05, 0) is 69.2 Å². The first kappa shape index (κ1) is 28.3. The molecular weight excluding hydrogens is 533 g/mol. The number of hydrogen-bond donors (Lipinski definition) is 4. The summed E-state index contributed by atoms with van der Waals surface area (Å²) in [4.78, 5) is 52.7. The number of nitrogens with two attached hydrogens (primary N) is 1. The number of halogens is 1. The highest BCUT2D eigenvalue weighted by molar-refractivity contribution is 7.91. The molecule has 1 saturated heterocycles. The smallest absolute Gasteiger partial charge is 0.405 e. The molecule has 2 heterocycles. The van der Waals surface area contributed by atoms with Crippen LogP contribution >= 0.6 is 0 Å². The normalized spacial score (nSPS) is 28.5. The first-order valence-electron chi connectivity index (χ1n) is 12.9. The SMILES string of the molecule is NC(=O)OC1CCCCC/C=C\C2CC2(C(=O)NS(=O)(=O)Nc2ccc(F)cc2)NC(=O)C2CCCN2C1=O. The molecule has 4 rings (SSSR count). The molecule has 2 fully saturated rings. The number of anilines is 1. The van der Waals surface area contributed by atoms with Crippen LogP contribution in [0.25, 0.3) is 0 Å². The molecule has 12 nitrogen and oxygen atoms in total. The Morgan fingerprint density at radius 3 is 2.56 bits per heavy atom. The number of amides is 4. The predicted octanol–water partition coefficient (Wildman–Crippen LogP) is 1.45. The van der Waals surface area contributed by atoms with Crippen molar-refractivity contribution in [3.8, 4) is 0 Å². The Morgan fingerprint density at radius 1 is 1.10 bits per heavy atom. The van der Waals surface area contributed by atoms with Crippen LogP contribution in [0.4, 0.5) is 14.9 Å². The molecule has 1 aliphatic carbocycles. The fourth-order valence-electron chi connectivity index (χ4n) is 5.09. The fourth-order valence-corrected chi connectivity index (χ4v) is 6.01. The molecule has 39 heavy (non-hydrogen) atoms. The fraction of sp³-hybridized carbons (Fsp3) is 0.520. The van der Waals surface area contributed by atoms with Crippen LogP contribution in [-0.4, -0.2) is 61.4 Å². The van der Waals surface area contributed by atoms with Gasteiger partial charge in [-0.2, -0.15) is 8.42 Å². The average molecular weight is 566 g/mol. The summed E-state index contributed by atoms with van der Waals surface area (Å²) >= 11 is 0. The number of rotatable bonds is 5. The van der Waals surface area contributed by atoms with Crippen LogP contribution in [0.3, 0.4) is 0 Å². The molecule has 4 unspecified atom stereocenters. The molecule has 1 aromatic carbocycles. The van der Waals surface area contributed by atoms with Gasteiger partial charge in [0.15, 0.2) is 6.10 Å². The third-order valence-corrected chi connectivity index (χ3v) is 8.13. The van der Waals surface area contributed by atoms with E-state index in [-0.39, 0.29) is 25.1 Å². The number of ether oxygens (including phenoxy) is 1. The number of carbonyl (C=O) groups excluding carboxylic acids is 4. The van der Waals surface area contributed by atoms with Gasteiger partial charge in [0.2, 0.25) is 5.91 Å². The Morgan fingerprint density at radius 2 is 1.85 bits per heavy atom. The van der Waals surface area contributed by atoms with Crippen molar-refractivity contribution in [1.29, 1.82) is 0 Å². The molecule has 0 radical (unpaired) electrons. The van der Waals surface area contributed by atoms with E-state index in [1.54, 1.807) is 6.08 Å². The summed E-state index contributed by atoms with van der Waals surface area (Å²) in [7, 11) is -4.41. The van der Waals surface area contributed by atoms with Crippen LogP contribution in [0.5, 0.6) is 0 Å². The Hall–Kier alpha value is -3.68. The quantitative estimate of drug-likeness (QED) is 0.390. The number of primary amides is 1. The van der Waals surface area contributed by atoms with Gasteiger partial charge in [0.25, 0.3) is 11.8 Å². The van der Waals surface area contributed by atoms with Crippen LogP contribution < -0.4 is 20.5 Å². The lowest BCUT2D eigenvalue weighted by Crippen LogP contribution is -2.57. The van der Waals surface area contributed by atoms with Crippen LogP contribution in [0.2, 0.25) is 0 Å². The number of nitrogens with one attached hydrogen (secondary N) is 3. The van der Waals surface area contributed by atoms with Crippen LogP contribution in [0.15, 0.2) is 36.4 Å². The van der Waals surface area contributed by atoms with E-state index in [2.05, 4.69) is 10.0 Å². The molecule has 0 aromatic heterocycles. The second-order valence-corrected chi connectivity index (χ2v) is 11.4. The Kier molecular flexibility index (Phi) is 8.42. The summed E-state index contributed by atoms with van der Waals surface area (Å²) in [5.41, 5.74) is 3.68. The highest BCUT2D eigenvalue weighted by Gasteiger charge is 2.61. The molecule has 4 amide bonds. The second kappa shape index (κ2) is 11.6. The van der Waals surface area contributed by atoms with Crippen molar-refractivity contribution < 1.29 is 36.7 Å². The number of fused-ring (bicyclic) bond motifs is 2. The molecule has 14 heteroatoms. The maximum absolute atomic E-state index is 13.4. The average Bonchev–Trinajstić information content (AvgIpc) is 3.33. The van der Waals surface area contributed by atoms with Gasteiger partial charge in [0.1, 0.15) is 17.4 Å². The van der Waals surface area contributed by atoms with E-state index in [0.717, 1.165) is 25.0 Å². The minimum atomic E-state index is -4.41. The molecule has 2 aliphatic heterocycles.